The van der Waals surface area contributed by atoms with Crippen LogP contribution in [0.15, 0.2) is 0 Å². The molecule has 0 heterocycles. The summed E-state index contributed by atoms with van der Waals surface area (Å²) in [6.45, 7) is 4.34. The van der Waals surface area contributed by atoms with Gasteiger partial charge in [-0.15, -0.1) is 0 Å². The van der Waals surface area contributed by atoms with Gasteiger partial charge in [0.05, 0.1) is 0 Å². The molecule has 0 saturated heterocycles. The van der Waals surface area contributed by atoms with E-state index in [0.29, 0.717) is 25.7 Å². The van der Waals surface area contributed by atoms with E-state index in [1.807, 2.05) is 0 Å². The molecular weight excluding hydrogens is 528 g/mol. The third-order valence-electron chi connectivity index (χ3n) is 6.97. The van der Waals surface area contributed by atoms with Gasteiger partial charge in [-0.3, -0.25) is 0 Å². The second-order valence-electron chi connectivity index (χ2n) is 10.9. The van der Waals surface area contributed by atoms with Crippen molar-refractivity contribution in [1.82, 2.24) is 0 Å². The molecule has 0 aromatic carbocycles. The minimum absolute atomic E-state index is 0.186. The van der Waals surface area contributed by atoms with Crippen molar-refractivity contribution in [3.63, 3.8) is 0 Å². The Hall–Kier alpha value is -0.370. The fourth-order valence-corrected chi connectivity index (χ4v) is 5.62. The lowest BCUT2D eigenvalue weighted by Crippen LogP contribution is -2.48. The first-order valence-electron chi connectivity index (χ1n) is 15.3. The van der Waals surface area contributed by atoms with E-state index in [1.165, 1.54) is 51.4 Å². The van der Waals surface area contributed by atoms with Crippen LogP contribution in [-0.4, -0.2) is 63.2 Å². The van der Waals surface area contributed by atoms with Crippen LogP contribution < -0.4 is 0 Å². The Balaban J connectivity index is 4.51. The predicted molar refractivity (Wildman–Crippen MR) is 150 cm³/mol. The van der Waals surface area contributed by atoms with Gasteiger partial charge in [0.15, 0.2) is 12.2 Å². The Morgan fingerprint density at radius 3 is 0.923 bits per heavy atom. The van der Waals surface area contributed by atoms with E-state index in [4.69, 9.17) is 0 Å². The molecule has 2 unspecified atom stereocenters. The standard InChI is InChI=1S/C28H58O10S/c1-3-5-7-9-11-13-15-17-19-21-23-25(27(29,30)31)37-39(35,36)38-26(28(32,33)34)24-22-20-18-16-14-12-10-8-6-4-2/h25-26,29-34H,3-24H2,1-2H3. The van der Waals surface area contributed by atoms with Crippen molar-refractivity contribution in [3.05, 3.63) is 0 Å². The third kappa shape index (κ3) is 22.9. The van der Waals surface area contributed by atoms with Crippen LogP contribution in [0.4, 0.5) is 0 Å². The Morgan fingerprint density at radius 1 is 0.462 bits per heavy atom. The summed E-state index contributed by atoms with van der Waals surface area (Å²) in [4.78, 5) is 0. The molecule has 0 aromatic heterocycles. The van der Waals surface area contributed by atoms with Crippen LogP contribution >= 0.6 is 0 Å². The van der Waals surface area contributed by atoms with Gasteiger partial charge in [-0.2, -0.15) is 8.42 Å². The van der Waals surface area contributed by atoms with Crippen LogP contribution in [0.5, 0.6) is 0 Å². The van der Waals surface area contributed by atoms with E-state index in [9.17, 15) is 39.1 Å². The molecule has 0 aliphatic heterocycles. The first kappa shape index (κ1) is 38.6. The molecule has 0 bridgehead atoms. The largest absolute Gasteiger partial charge is 0.400 e. The molecule has 10 nitrogen and oxygen atoms in total. The molecular formula is C28H58O10S. The molecule has 0 radical (unpaired) electrons. The highest BCUT2D eigenvalue weighted by atomic mass is 32.3. The van der Waals surface area contributed by atoms with Gasteiger partial charge < -0.3 is 30.6 Å². The van der Waals surface area contributed by atoms with Crippen LogP contribution in [0, 0.1) is 0 Å². The zero-order chi connectivity index (χ0) is 29.6. The number of unbranched alkanes of at least 4 members (excludes halogenated alkanes) is 18. The van der Waals surface area contributed by atoms with Crippen molar-refractivity contribution in [2.45, 2.75) is 179 Å². The van der Waals surface area contributed by atoms with Crippen LogP contribution in [0.3, 0.4) is 0 Å². The summed E-state index contributed by atoms with van der Waals surface area (Å²) in [5, 5.41) is 57.6. The average Bonchev–Trinajstić information content (AvgIpc) is 2.83. The Bertz CT molecular complexity index is 608. The molecule has 0 fully saturated rings. The van der Waals surface area contributed by atoms with Crippen molar-refractivity contribution in [2.75, 3.05) is 0 Å². The fourth-order valence-electron chi connectivity index (χ4n) is 4.55. The van der Waals surface area contributed by atoms with E-state index in [0.717, 1.165) is 51.4 Å². The maximum absolute atomic E-state index is 12.4. The summed E-state index contributed by atoms with van der Waals surface area (Å²) in [5.74, 6) is -6.90. The highest BCUT2D eigenvalue weighted by Gasteiger charge is 2.41. The van der Waals surface area contributed by atoms with Gasteiger partial charge in [0.1, 0.15) is 0 Å². The Labute approximate surface area is 237 Å². The van der Waals surface area contributed by atoms with E-state index in [1.54, 1.807) is 0 Å². The summed E-state index contributed by atoms with van der Waals surface area (Å²) in [7, 11) is -5.03. The number of rotatable bonds is 28. The van der Waals surface area contributed by atoms with Gasteiger partial charge >= 0.3 is 22.3 Å². The molecule has 11 heteroatoms. The van der Waals surface area contributed by atoms with Gasteiger partial charge in [0.25, 0.3) is 0 Å². The van der Waals surface area contributed by atoms with Crippen LogP contribution in [0.2, 0.25) is 0 Å². The fraction of sp³-hybridized carbons (Fsp3) is 1.00. The van der Waals surface area contributed by atoms with Gasteiger partial charge in [0, 0.05) is 0 Å². The van der Waals surface area contributed by atoms with Crippen molar-refractivity contribution >= 4 is 10.4 Å². The quantitative estimate of drug-likeness (QED) is 0.0547. The number of hydrogen-bond donors (Lipinski definition) is 6. The lowest BCUT2D eigenvalue weighted by Gasteiger charge is -2.28. The summed E-state index contributed by atoms with van der Waals surface area (Å²) in [6.07, 6.45) is 15.9. The van der Waals surface area contributed by atoms with Gasteiger partial charge in [-0.25, -0.2) is 8.37 Å². The van der Waals surface area contributed by atoms with E-state index in [2.05, 4.69) is 22.2 Å². The molecule has 0 rings (SSSR count). The predicted octanol–water partition coefficient (Wildman–Crippen LogP) is 4.89. The molecule has 6 N–H and O–H groups in total. The van der Waals surface area contributed by atoms with E-state index >= 15 is 0 Å². The lowest BCUT2D eigenvalue weighted by atomic mass is 10.0. The lowest BCUT2D eigenvalue weighted by molar-refractivity contribution is -0.356. The monoisotopic (exact) mass is 586 g/mol. The number of aliphatic hydroxyl groups is 6. The molecule has 0 aromatic rings. The molecule has 0 saturated carbocycles. The Morgan fingerprint density at radius 2 is 0.692 bits per heavy atom. The molecule has 0 aliphatic carbocycles. The zero-order valence-corrected chi connectivity index (χ0v) is 25.3. The maximum Gasteiger partial charge on any atom is 0.400 e. The normalized spacial score (nSPS) is 14.6. The second kappa shape index (κ2) is 22.3. The highest BCUT2D eigenvalue weighted by Crippen LogP contribution is 2.24. The molecule has 0 aliphatic rings. The smallest absolute Gasteiger partial charge is 0.342 e. The summed E-state index contributed by atoms with van der Waals surface area (Å²) < 4.78 is 34.1. The summed E-state index contributed by atoms with van der Waals surface area (Å²) in [6, 6.07) is 0. The number of hydrogen-bond acceptors (Lipinski definition) is 10. The zero-order valence-electron chi connectivity index (χ0n) is 24.4. The SMILES string of the molecule is CCCCCCCCCCCCC(OS(=O)(=O)OC(CCCCCCCCCCCC)C(O)(O)O)C(O)(O)O. The van der Waals surface area contributed by atoms with Crippen LogP contribution in [0.1, 0.15) is 155 Å². The van der Waals surface area contributed by atoms with Crippen molar-refractivity contribution in [2.24, 2.45) is 0 Å². The minimum Gasteiger partial charge on any atom is -0.342 e. The van der Waals surface area contributed by atoms with Crippen molar-refractivity contribution in [3.8, 4) is 0 Å². The minimum atomic E-state index is -5.03. The molecule has 39 heavy (non-hydrogen) atoms. The van der Waals surface area contributed by atoms with Crippen molar-refractivity contribution < 1.29 is 47.4 Å². The molecule has 0 spiro atoms. The first-order valence-corrected chi connectivity index (χ1v) is 16.6. The highest BCUT2D eigenvalue weighted by molar-refractivity contribution is 7.81. The van der Waals surface area contributed by atoms with E-state index < -0.39 is 34.6 Å². The topological polar surface area (TPSA) is 174 Å². The maximum atomic E-state index is 12.4. The van der Waals surface area contributed by atoms with Crippen molar-refractivity contribution in [1.29, 1.82) is 0 Å². The first-order chi connectivity index (χ1) is 18.3. The van der Waals surface area contributed by atoms with Gasteiger partial charge in [-0.1, -0.05) is 142 Å². The Kier molecular flexibility index (Phi) is 22.0. The van der Waals surface area contributed by atoms with Crippen LogP contribution in [0.25, 0.3) is 0 Å². The average molecular weight is 587 g/mol. The summed E-state index contributed by atoms with van der Waals surface area (Å²) in [5.41, 5.74) is 0. The molecule has 2 atom stereocenters. The van der Waals surface area contributed by atoms with Gasteiger partial charge in [-0.05, 0) is 12.8 Å². The molecule has 236 valence electrons. The second-order valence-corrected chi connectivity index (χ2v) is 12.1. The summed E-state index contributed by atoms with van der Waals surface area (Å²) >= 11 is 0. The van der Waals surface area contributed by atoms with Gasteiger partial charge in [0.2, 0.25) is 0 Å². The molecule has 0 amide bonds. The third-order valence-corrected chi connectivity index (χ3v) is 7.91. The van der Waals surface area contributed by atoms with E-state index in [-0.39, 0.29) is 12.8 Å². The van der Waals surface area contributed by atoms with Crippen LogP contribution in [-0.2, 0) is 18.8 Å².